The topological polar surface area (TPSA) is 101 Å². The first-order valence-electron chi connectivity index (χ1n) is 10.6. The van der Waals surface area contributed by atoms with E-state index in [2.05, 4.69) is 42.4 Å². The summed E-state index contributed by atoms with van der Waals surface area (Å²) in [5, 5.41) is 6.85. The molecular weight excluding hydrogens is 402 g/mol. The average Bonchev–Trinajstić information content (AvgIpc) is 3.30. The van der Waals surface area contributed by atoms with E-state index in [9.17, 15) is 0 Å². The van der Waals surface area contributed by atoms with Crippen LogP contribution in [0.4, 0.5) is 17.5 Å². The van der Waals surface area contributed by atoms with E-state index in [-0.39, 0.29) is 0 Å². The zero-order valence-corrected chi connectivity index (χ0v) is 17.7. The highest BCUT2D eigenvalue weighted by atomic mass is 16.5. The molecule has 32 heavy (non-hydrogen) atoms. The van der Waals surface area contributed by atoms with Crippen LogP contribution in [0.1, 0.15) is 29.7 Å². The Hall–Kier alpha value is -3.96. The van der Waals surface area contributed by atoms with Crippen molar-refractivity contribution in [1.82, 2.24) is 24.9 Å². The number of imidazole rings is 1. The molecule has 1 saturated heterocycles. The van der Waals surface area contributed by atoms with Crippen molar-refractivity contribution >= 4 is 28.6 Å². The van der Waals surface area contributed by atoms with E-state index in [1.165, 1.54) is 0 Å². The van der Waals surface area contributed by atoms with Crippen LogP contribution in [-0.4, -0.2) is 44.2 Å². The predicted molar refractivity (Wildman–Crippen MR) is 124 cm³/mol. The summed E-state index contributed by atoms with van der Waals surface area (Å²) >= 11 is 0. The van der Waals surface area contributed by atoms with E-state index in [0.29, 0.717) is 17.6 Å². The van der Waals surface area contributed by atoms with Gasteiger partial charge in [-0.15, -0.1) is 0 Å². The molecule has 8 nitrogen and oxygen atoms in total. The first kappa shape index (κ1) is 20.0. The van der Waals surface area contributed by atoms with Gasteiger partial charge in [0, 0.05) is 36.7 Å². The summed E-state index contributed by atoms with van der Waals surface area (Å²) in [4.78, 5) is 21.0. The van der Waals surface area contributed by atoms with E-state index in [4.69, 9.17) is 9.72 Å². The Morgan fingerprint density at radius 3 is 2.78 bits per heavy atom. The maximum absolute atomic E-state index is 5.46. The van der Waals surface area contributed by atoms with Crippen LogP contribution in [0, 0.1) is 18.8 Å². The SMILES string of the molecule is Cc1cc(C#Cc2ccccn2)ccc1Nc1nc(NC2CCOCC2)c2nc[nH]c2n1. The lowest BCUT2D eigenvalue weighted by molar-refractivity contribution is 0.0904. The molecule has 1 fully saturated rings. The summed E-state index contributed by atoms with van der Waals surface area (Å²) in [5.41, 5.74) is 5.06. The Labute approximate surface area is 185 Å². The number of hydrogen-bond acceptors (Lipinski definition) is 7. The van der Waals surface area contributed by atoms with Gasteiger partial charge in [0.05, 0.1) is 6.33 Å². The number of aromatic nitrogens is 5. The Bertz CT molecular complexity index is 1280. The fourth-order valence-electron chi connectivity index (χ4n) is 3.60. The third-order valence-electron chi connectivity index (χ3n) is 5.31. The predicted octanol–water partition coefficient (Wildman–Crippen LogP) is 3.79. The summed E-state index contributed by atoms with van der Waals surface area (Å²) in [6.45, 7) is 3.54. The Morgan fingerprint density at radius 2 is 1.97 bits per heavy atom. The normalized spacial score (nSPS) is 14.0. The van der Waals surface area contributed by atoms with Crippen molar-refractivity contribution in [2.75, 3.05) is 23.8 Å². The summed E-state index contributed by atoms with van der Waals surface area (Å²) in [5.74, 6) is 7.48. The molecule has 3 N–H and O–H groups in total. The second-order valence-corrected chi connectivity index (χ2v) is 7.65. The standard InChI is InChI=1S/C24H23N7O/c1-16-14-17(5-7-18-4-2-3-11-25-18)6-8-20(16)29-24-30-22-21(26-15-27-22)23(31-24)28-19-9-12-32-13-10-19/h2-4,6,8,11,14-15,19H,9-10,12-13H2,1H3,(H3,26,27,28,29,30,31). The van der Waals surface area contributed by atoms with Crippen LogP contribution >= 0.6 is 0 Å². The number of hydrogen-bond donors (Lipinski definition) is 3. The molecule has 0 unspecified atom stereocenters. The molecule has 5 rings (SSSR count). The van der Waals surface area contributed by atoms with Crippen molar-refractivity contribution < 1.29 is 4.74 Å². The van der Waals surface area contributed by atoms with Gasteiger partial charge in [0.15, 0.2) is 11.5 Å². The molecule has 1 aromatic carbocycles. The Morgan fingerprint density at radius 1 is 1.06 bits per heavy atom. The molecule has 0 atom stereocenters. The molecule has 0 amide bonds. The zero-order valence-electron chi connectivity index (χ0n) is 17.7. The van der Waals surface area contributed by atoms with Gasteiger partial charge in [-0.25, -0.2) is 9.97 Å². The minimum absolute atomic E-state index is 0.310. The highest BCUT2D eigenvalue weighted by Crippen LogP contribution is 2.25. The lowest BCUT2D eigenvalue weighted by Crippen LogP contribution is -2.28. The molecule has 1 aliphatic rings. The van der Waals surface area contributed by atoms with Crippen molar-refractivity contribution in [3.05, 3.63) is 65.7 Å². The number of nitrogens with one attached hydrogen (secondary N) is 3. The summed E-state index contributed by atoms with van der Waals surface area (Å²) < 4.78 is 5.46. The number of pyridine rings is 1. The number of H-pyrrole nitrogens is 1. The van der Waals surface area contributed by atoms with Crippen molar-refractivity contribution in [2.24, 2.45) is 0 Å². The quantitative estimate of drug-likeness (QED) is 0.428. The van der Waals surface area contributed by atoms with Crippen LogP contribution in [0.5, 0.6) is 0 Å². The molecule has 3 aromatic heterocycles. The number of anilines is 3. The Balaban J connectivity index is 1.37. The first-order chi connectivity index (χ1) is 15.7. The maximum atomic E-state index is 5.46. The van der Waals surface area contributed by atoms with Crippen LogP contribution in [0.2, 0.25) is 0 Å². The van der Waals surface area contributed by atoms with Crippen LogP contribution in [-0.2, 0) is 4.74 Å². The van der Waals surface area contributed by atoms with E-state index >= 15 is 0 Å². The number of ether oxygens (including phenoxy) is 1. The molecule has 0 radical (unpaired) electrons. The zero-order chi connectivity index (χ0) is 21.8. The van der Waals surface area contributed by atoms with Crippen LogP contribution < -0.4 is 10.6 Å². The van der Waals surface area contributed by atoms with Gasteiger partial charge in [-0.3, -0.25) is 0 Å². The third-order valence-corrected chi connectivity index (χ3v) is 5.31. The van der Waals surface area contributed by atoms with Crippen molar-refractivity contribution in [3.8, 4) is 11.8 Å². The fraction of sp³-hybridized carbons (Fsp3) is 0.250. The molecule has 4 aromatic rings. The van der Waals surface area contributed by atoms with Gasteiger partial charge in [-0.1, -0.05) is 12.0 Å². The molecule has 160 valence electrons. The largest absolute Gasteiger partial charge is 0.381 e. The fourth-order valence-corrected chi connectivity index (χ4v) is 3.60. The van der Waals surface area contributed by atoms with E-state index < -0.39 is 0 Å². The molecule has 0 bridgehead atoms. The maximum Gasteiger partial charge on any atom is 0.231 e. The van der Waals surface area contributed by atoms with Crippen molar-refractivity contribution in [1.29, 1.82) is 0 Å². The van der Waals surface area contributed by atoms with Crippen LogP contribution in [0.25, 0.3) is 11.2 Å². The van der Waals surface area contributed by atoms with E-state index in [1.807, 2.05) is 43.3 Å². The highest BCUT2D eigenvalue weighted by molar-refractivity contribution is 5.84. The van der Waals surface area contributed by atoms with E-state index in [1.54, 1.807) is 12.5 Å². The average molecular weight is 425 g/mol. The lowest BCUT2D eigenvalue weighted by Gasteiger charge is -2.23. The van der Waals surface area contributed by atoms with Crippen molar-refractivity contribution in [3.63, 3.8) is 0 Å². The minimum atomic E-state index is 0.310. The second kappa shape index (κ2) is 9.04. The number of aromatic amines is 1. The van der Waals surface area contributed by atoms with Crippen molar-refractivity contribution in [2.45, 2.75) is 25.8 Å². The van der Waals surface area contributed by atoms with Gasteiger partial charge < -0.3 is 20.4 Å². The van der Waals surface area contributed by atoms with Gasteiger partial charge in [0.25, 0.3) is 0 Å². The highest BCUT2D eigenvalue weighted by Gasteiger charge is 2.18. The summed E-state index contributed by atoms with van der Waals surface area (Å²) in [6.07, 6.45) is 5.26. The molecule has 1 aliphatic heterocycles. The van der Waals surface area contributed by atoms with E-state index in [0.717, 1.165) is 59.9 Å². The number of nitrogens with zero attached hydrogens (tertiary/aromatic N) is 4. The van der Waals surface area contributed by atoms with Gasteiger partial charge in [0.2, 0.25) is 5.95 Å². The molecule has 0 spiro atoms. The van der Waals surface area contributed by atoms with Gasteiger partial charge in [0.1, 0.15) is 11.2 Å². The lowest BCUT2D eigenvalue weighted by atomic mass is 10.1. The van der Waals surface area contributed by atoms with Crippen LogP contribution in [0.15, 0.2) is 48.9 Å². The van der Waals surface area contributed by atoms with Gasteiger partial charge >= 0.3 is 0 Å². The smallest absolute Gasteiger partial charge is 0.231 e. The second-order valence-electron chi connectivity index (χ2n) is 7.65. The Kier molecular flexibility index (Phi) is 5.64. The summed E-state index contributed by atoms with van der Waals surface area (Å²) in [7, 11) is 0. The molecular formula is C24H23N7O. The number of rotatable bonds is 4. The number of aryl methyl sites for hydroxylation is 1. The molecule has 4 heterocycles. The molecule has 0 aliphatic carbocycles. The number of benzene rings is 1. The minimum Gasteiger partial charge on any atom is -0.381 e. The van der Waals surface area contributed by atoms with Gasteiger partial charge in [-0.2, -0.15) is 9.97 Å². The third kappa shape index (κ3) is 4.53. The molecule has 8 heteroatoms. The van der Waals surface area contributed by atoms with Crippen LogP contribution in [0.3, 0.4) is 0 Å². The summed E-state index contributed by atoms with van der Waals surface area (Å²) in [6, 6.07) is 12.0. The molecule has 0 saturated carbocycles. The monoisotopic (exact) mass is 425 g/mol. The van der Waals surface area contributed by atoms with Gasteiger partial charge in [-0.05, 0) is 61.6 Å². The number of fused-ring (bicyclic) bond motifs is 1. The first-order valence-corrected chi connectivity index (χ1v) is 10.6.